The molecule has 0 amide bonds. The Hall–Kier alpha value is -1.41. The third kappa shape index (κ3) is 2.59. The van der Waals surface area contributed by atoms with Crippen LogP contribution in [0.5, 0.6) is 0 Å². The van der Waals surface area contributed by atoms with Crippen LogP contribution in [0.2, 0.25) is 0 Å². The Morgan fingerprint density at radius 1 is 0.852 bits per heavy atom. The first-order chi connectivity index (χ1) is 13.2. The molecule has 3 aliphatic heterocycles. The summed E-state index contributed by atoms with van der Waals surface area (Å²) in [5.74, 6) is 0. The third-order valence-electron chi connectivity index (χ3n) is 6.07. The maximum atomic E-state index is 18.0. The van der Waals surface area contributed by atoms with Crippen molar-refractivity contribution in [2.24, 2.45) is 0 Å². The first-order valence-corrected chi connectivity index (χ1v) is 12.0. The molecule has 8 nitrogen and oxygen atoms in total. The Morgan fingerprint density at radius 2 is 1.37 bits per heavy atom. The van der Waals surface area contributed by atoms with Crippen LogP contribution in [0.15, 0.2) is 18.3 Å². The van der Waals surface area contributed by atoms with Gasteiger partial charge in [0.1, 0.15) is 0 Å². The number of rotatable bonds is 5. The van der Waals surface area contributed by atoms with Crippen LogP contribution in [0.1, 0.15) is 38.5 Å². The molecular weight excluding hydrogens is 368 g/mol. The topological polar surface area (TPSA) is 62.6 Å². The van der Waals surface area contributed by atoms with Gasteiger partial charge >= 0.3 is 158 Å². The van der Waals surface area contributed by atoms with Gasteiger partial charge in [-0.05, 0) is 0 Å². The average molecular weight is 395 g/mol. The zero-order valence-corrected chi connectivity index (χ0v) is 16.5. The molecule has 0 aromatic carbocycles. The normalized spacial score (nSPS) is 24.6. The average Bonchev–Trinajstić information content (AvgIpc) is 3.51. The molecule has 148 valence electrons. The number of hydrogen-bond acceptors (Lipinski definition) is 7. The summed E-state index contributed by atoms with van der Waals surface area (Å²) in [7, 11) is -4.51. The second kappa shape index (κ2) is 6.58. The van der Waals surface area contributed by atoms with Crippen LogP contribution in [-0.4, -0.2) is 73.4 Å². The van der Waals surface area contributed by atoms with Crippen molar-refractivity contribution in [3.05, 3.63) is 18.3 Å². The quantitative estimate of drug-likeness (QED) is 0.721. The first-order valence-electron chi connectivity index (χ1n) is 10.1. The molecule has 5 rings (SSSR count). The van der Waals surface area contributed by atoms with E-state index in [0.717, 1.165) is 77.8 Å². The van der Waals surface area contributed by atoms with Crippen LogP contribution in [0, 0.1) is 0 Å². The molecule has 0 saturated carbocycles. The van der Waals surface area contributed by atoms with E-state index in [4.69, 9.17) is 4.62 Å². The van der Waals surface area contributed by atoms with Crippen molar-refractivity contribution in [1.82, 2.24) is 34.2 Å². The Labute approximate surface area is 158 Å². The fourth-order valence-electron chi connectivity index (χ4n) is 4.73. The summed E-state index contributed by atoms with van der Waals surface area (Å²) in [5.41, 5.74) is 1.09. The summed E-state index contributed by atoms with van der Waals surface area (Å²) in [4.78, 5) is 5.60. The minimum absolute atomic E-state index is 0.474. The summed E-state index contributed by atoms with van der Waals surface area (Å²) in [5, 5.41) is 8.27. The first kappa shape index (κ1) is 17.7. The Balaban J connectivity index is 1.66. The number of aromatic nitrogens is 4. The summed E-state index contributed by atoms with van der Waals surface area (Å²) in [6.07, 6.45) is 7.69. The zero-order valence-electron chi connectivity index (χ0n) is 15.6. The van der Waals surface area contributed by atoms with E-state index in [0.29, 0.717) is 11.2 Å². The molecule has 3 fully saturated rings. The maximum absolute atomic E-state index is 18.0. The van der Waals surface area contributed by atoms with Gasteiger partial charge in [-0.15, -0.1) is 0 Å². The van der Waals surface area contributed by atoms with Crippen molar-refractivity contribution in [3.63, 3.8) is 0 Å². The van der Waals surface area contributed by atoms with Crippen molar-refractivity contribution in [3.8, 4) is 0 Å². The van der Waals surface area contributed by atoms with Crippen LogP contribution < -0.4 is 4.62 Å². The number of nitrogens with zero attached hydrogens (tertiary/aromatic N) is 7. The molecule has 0 unspecified atom stereocenters. The van der Waals surface area contributed by atoms with E-state index >= 15 is 4.20 Å². The third-order valence-corrected chi connectivity index (χ3v) is 10.6. The van der Waals surface area contributed by atoms with E-state index in [2.05, 4.69) is 15.3 Å². The molecule has 5 heterocycles. The molecule has 0 N–H and O–H groups in total. The van der Waals surface area contributed by atoms with E-state index in [9.17, 15) is 0 Å². The van der Waals surface area contributed by atoms with Crippen LogP contribution >= 0.6 is 7.59 Å². The van der Waals surface area contributed by atoms with Crippen molar-refractivity contribution in [1.29, 1.82) is 0 Å². The van der Waals surface area contributed by atoms with E-state index < -0.39 is 7.59 Å². The Morgan fingerprint density at radius 3 is 1.89 bits per heavy atom. The molecule has 0 aliphatic carbocycles. The summed E-state index contributed by atoms with van der Waals surface area (Å²) in [6.45, 7) is 4.34. The monoisotopic (exact) mass is 395 g/mol. The summed E-state index contributed by atoms with van der Waals surface area (Å²) >= 11 is 0. The van der Waals surface area contributed by atoms with Gasteiger partial charge in [0.25, 0.3) is 0 Å². The van der Waals surface area contributed by atoms with E-state index in [1.165, 1.54) is 4.85 Å². The molecule has 3 saturated heterocycles. The van der Waals surface area contributed by atoms with Gasteiger partial charge in [0.05, 0.1) is 0 Å². The van der Waals surface area contributed by atoms with Crippen LogP contribution in [0.3, 0.4) is 0 Å². The fourth-order valence-corrected chi connectivity index (χ4v) is 9.36. The van der Waals surface area contributed by atoms with Crippen LogP contribution in [0.25, 0.3) is 11.2 Å². The number of fused-ring (bicyclic) bond motifs is 1. The molecule has 0 radical (unpaired) electrons. The molecule has 0 atom stereocenters. The van der Waals surface area contributed by atoms with Crippen molar-refractivity contribution >= 4 is 18.8 Å². The van der Waals surface area contributed by atoms with Crippen LogP contribution in [-0.2, 0) is 0 Å². The molecule has 10 heteroatoms. The molecule has 3 aliphatic rings. The number of halogens is 1. The standard InChI is InChI=1S/C17H27FN7OP/c18-27(22-10-1-2-11-22,23-12-3-4-13-23,24-14-5-6-15-24)26-25-17-16(20-21-25)8-7-9-19-17/h7-9H,1-6,10-15H2. The Bertz CT molecular complexity index is 771. The molecule has 2 aromatic rings. The van der Waals surface area contributed by atoms with Gasteiger partial charge in [0, 0.05) is 0 Å². The van der Waals surface area contributed by atoms with Gasteiger partial charge in [-0.25, -0.2) is 0 Å². The summed E-state index contributed by atoms with van der Waals surface area (Å²) < 4.78 is 30.4. The predicted molar refractivity (Wildman–Crippen MR) is 102 cm³/mol. The number of pyridine rings is 1. The molecular formula is C17H27FN7OP. The number of hydrogen-bond donors (Lipinski definition) is 0. The van der Waals surface area contributed by atoms with Gasteiger partial charge in [0.2, 0.25) is 0 Å². The van der Waals surface area contributed by atoms with Gasteiger partial charge in [-0.3, -0.25) is 0 Å². The SMILES string of the molecule is FP(On1nnc2cccnc21)(N1CCCC1)(N1CCCC1)N1CCCC1. The minimum atomic E-state index is -4.51. The molecule has 0 spiro atoms. The zero-order chi connectivity index (χ0) is 18.3. The van der Waals surface area contributed by atoms with Gasteiger partial charge in [-0.1, -0.05) is 0 Å². The summed E-state index contributed by atoms with van der Waals surface area (Å²) in [6, 6.07) is 3.63. The van der Waals surface area contributed by atoms with E-state index in [-0.39, 0.29) is 0 Å². The van der Waals surface area contributed by atoms with Crippen molar-refractivity contribution in [2.45, 2.75) is 38.5 Å². The van der Waals surface area contributed by atoms with E-state index in [1.807, 2.05) is 20.1 Å². The van der Waals surface area contributed by atoms with Gasteiger partial charge in [0.15, 0.2) is 0 Å². The van der Waals surface area contributed by atoms with Crippen LogP contribution in [0.4, 0.5) is 4.20 Å². The van der Waals surface area contributed by atoms with Crippen molar-refractivity contribution < 1.29 is 8.82 Å². The molecule has 27 heavy (non-hydrogen) atoms. The predicted octanol–water partition coefficient (Wildman–Crippen LogP) is 2.64. The van der Waals surface area contributed by atoms with Gasteiger partial charge in [-0.2, -0.15) is 0 Å². The second-order valence-electron chi connectivity index (χ2n) is 7.68. The fraction of sp³-hybridized carbons (Fsp3) is 0.706. The molecule has 0 bridgehead atoms. The Kier molecular flexibility index (Phi) is 4.31. The van der Waals surface area contributed by atoms with Crippen molar-refractivity contribution in [2.75, 3.05) is 39.3 Å². The van der Waals surface area contributed by atoms with E-state index in [1.54, 1.807) is 12.3 Å². The molecule has 2 aromatic heterocycles. The second-order valence-corrected chi connectivity index (χ2v) is 11.2. The van der Waals surface area contributed by atoms with Gasteiger partial charge < -0.3 is 0 Å².